The van der Waals surface area contributed by atoms with Crippen LogP contribution in [-0.2, 0) is 12.5 Å². The first kappa shape index (κ1) is 22.3. The molecule has 0 spiro atoms. The van der Waals surface area contributed by atoms with Gasteiger partial charge in [0.25, 0.3) is 6.33 Å². The first-order valence-electron chi connectivity index (χ1n) is 12.4. The van der Waals surface area contributed by atoms with E-state index < -0.39 is 11.6 Å². The van der Waals surface area contributed by atoms with Crippen molar-refractivity contribution in [2.75, 3.05) is 0 Å². The van der Waals surface area contributed by atoms with Crippen molar-refractivity contribution >= 4 is 59.9 Å². The van der Waals surface area contributed by atoms with E-state index in [0.29, 0.717) is 10.9 Å². The standard InChI is InChI=1S/C31H25F3N3/c1-16-18-10-6-7-11-19(18)17(2)27-24(16)28-26-22(35-15-36(28)5)14-21(30(3,4)31(32,33)34)25-20-12-8-9-13-23(20)37(27)29(25)26/h6-15H,1-5H3/q+1. The van der Waals surface area contributed by atoms with Crippen molar-refractivity contribution in [1.82, 2.24) is 9.38 Å². The van der Waals surface area contributed by atoms with Gasteiger partial charge in [0.1, 0.15) is 5.52 Å². The summed E-state index contributed by atoms with van der Waals surface area (Å²) in [6, 6.07) is 17.8. The number of rotatable bonds is 1. The summed E-state index contributed by atoms with van der Waals surface area (Å²) in [7, 11) is 1.97. The van der Waals surface area contributed by atoms with E-state index in [9.17, 15) is 13.2 Å². The molecule has 37 heavy (non-hydrogen) atoms. The third-order valence-corrected chi connectivity index (χ3v) is 8.42. The van der Waals surface area contributed by atoms with Gasteiger partial charge in [-0.1, -0.05) is 42.5 Å². The zero-order chi connectivity index (χ0) is 26.0. The highest BCUT2D eigenvalue weighted by molar-refractivity contribution is 6.29. The zero-order valence-electron chi connectivity index (χ0n) is 21.2. The molecule has 0 atom stereocenters. The van der Waals surface area contributed by atoms with Crippen molar-refractivity contribution in [3.63, 3.8) is 0 Å². The molecule has 0 saturated carbocycles. The monoisotopic (exact) mass is 496 g/mol. The summed E-state index contributed by atoms with van der Waals surface area (Å²) in [4.78, 5) is 4.66. The van der Waals surface area contributed by atoms with E-state index in [1.165, 1.54) is 19.2 Å². The van der Waals surface area contributed by atoms with Crippen LogP contribution in [0.3, 0.4) is 0 Å². The lowest BCUT2D eigenvalue weighted by Crippen LogP contribution is -2.36. The number of aromatic nitrogens is 3. The van der Waals surface area contributed by atoms with Crippen molar-refractivity contribution < 1.29 is 17.7 Å². The number of alkyl halides is 3. The van der Waals surface area contributed by atoms with E-state index in [1.807, 2.05) is 41.9 Å². The lowest BCUT2D eigenvalue weighted by molar-refractivity contribution is -0.646. The van der Waals surface area contributed by atoms with Gasteiger partial charge in [0, 0.05) is 10.8 Å². The number of hydrogen-bond acceptors (Lipinski definition) is 1. The molecule has 7 rings (SSSR count). The Bertz CT molecular complexity index is 2080. The lowest BCUT2D eigenvalue weighted by Gasteiger charge is -2.29. The second-order valence-corrected chi connectivity index (χ2v) is 10.7. The SMILES string of the molecule is Cc1c2ccccc2c(C)c2c1c1c3c(cc(C(C)(C)C(F)(F)F)c4c5ccccc5n2c43)nc[n+]1C. The summed E-state index contributed by atoms with van der Waals surface area (Å²) < 4.78 is 47.7. The Morgan fingerprint density at radius 1 is 0.784 bits per heavy atom. The predicted molar refractivity (Wildman–Crippen MR) is 144 cm³/mol. The second kappa shape index (κ2) is 6.88. The van der Waals surface area contributed by atoms with Crippen molar-refractivity contribution in [2.24, 2.45) is 7.05 Å². The van der Waals surface area contributed by atoms with Gasteiger partial charge in [-0.2, -0.15) is 13.2 Å². The van der Waals surface area contributed by atoms with Crippen molar-refractivity contribution in [3.05, 3.63) is 77.6 Å². The molecule has 0 fully saturated rings. The van der Waals surface area contributed by atoms with Gasteiger partial charge < -0.3 is 4.40 Å². The molecule has 3 aromatic heterocycles. The van der Waals surface area contributed by atoms with Gasteiger partial charge in [0.05, 0.1) is 39.8 Å². The fourth-order valence-corrected chi connectivity index (χ4v) is 6.38. The molecule has 3 heterocycles. The van der Waals surface area contributed by atoms with Gasteiger partial charge in [-0.25, -0.2) is 4.57 Å². The van der Waals surface area contributed by atoms with Crippen molar-refractivity contribution in [2.45, 2.75) is 39.3 Å². The van der Waals surface area contributed by atoms with Crippen LogP contribution in [0, 0.1) is 13.8 Å². The largest absolute Gasteiger partial charge is 0.397 e. The quantitative estimate of drug-likeness (QED) is 0.129. The van der Waals surface area contributed by atoms with Crippen LogP contribution in [0.5, 0.6) is 0 Å². The maximum Gasteiger partial charge on any atom is 0.397 e. The smallest absolute Gasteiger partial charge is 0.307 e. The van der Waals surface area contributed by atoms with Crippen LogP contribution >= 0.6 is 0 Å². The van der Waals surface area contributed by atoms with Crippen molar-refractivity contribution in [3.8, 4) is 0 Å². The molecule has 0 saturated heterocycles. The van der Waals surface area contributed by atoms with E-state index >= 15 is 0 Å². The zero-order valence-corrected chi connectivity index (χ0v) is 21.2. The minimum atomic E-state index is -4.43. The molecule has 6 heteroatoms. The average molecular weight is 497 g/mol. The molecule has 184 valence electrons. The predicted octanol–water partition coefficient (Wildman–Crippen LogP) is 7.82. The highest BCUT2D eigenvalue weighted by Gasteiger charge is 2.50. The van der Waals surface area contributed by atoms with Crippen LogP contribution in [0.2, 0.25) is 0 Å². The Morgan fingerprint density at radius 3 is 2.08 bits per heavy atom. The number of hydrogen-bond donors (Lipinski definition) is 0. The Hall–Kier alpha value is -3.93. The number of nitrogens with zero attached hydrogens (tertiary/aromatic N) is 3. The van der Waals surface area contributed by atoms with Crippen LogP contribution in [0.4, 0.5) is 13.2 Å². The molecule has 0 amide bonds. The highest BCUT2D eigenvalue weighted by Crippen LogP contribution is 2.50. The van der Waals surface area contributed by atoms with E-state index in [2.05, 4.69) is 41.4 Å². The molecule has 0 bridgehead atoms. The molecular formula is C31H25F3N3+. The molecule has 0 radical (unpaired) electrons. The van der Waals surface area contributed by atoms with Crippen LogP contribution in [-0.4, -0.2) is 15.6 Å². The maximum absolute atomic E-state index is 14.5. The van der Waals surface area contributed by atoms with E-state index in [4.69, 9.17) is 0 Å². The molecule has 0 aliphatic carbocycles. The van der Waals surface area contributed by atoms with Crippen LogP contribution in [0.1, 0.15) is 30.5 Å². The van der Waals surface area contributed by atoms with Gasteiger partial charge >= 0.3 is 6.18 Å². The normalized spacial score (nSPS) is 13.4. The Kier molecular flexibility index (Phi) is 4.14. The molecule has 3 nitrogen and oxygen atoms in total. The summed E-state index contributed by atoms with van der Waals surface area (Å²) in [6.07, 6.45) is -2.70. The second-order valence-electron chi connectivity index (χ2n) is 10.7. The van der Waals surface area contributed by atoms with Gasteiger partial charge in [-0.15, -0.1) is 0 Å². The third kappa shape index (κ3) is 2.58. The fourth-order valence-electron chi connectivity index (χ4n) is 6.38. The van der Waals surface area contributed by atoms with Gasteiger partial charge in [0.2, 0.25) is 0 Å². The number of para-hydroxylation sites is 1. The van der Waals surface area contributed by atoms with Crippen LogP contribution < -0.4 is 4.57 Å². The van der Waals surface area contributed by atoms with E-state index in [1.54, 1.807) is 12.4 Å². The van der Waals surface area contributed by atoms with Crippen LogP contribution in [0.15, 0.2) is 60.9 Å². The molecule has 0 aliphatic rings. The number of fused-ring (bicyclic) bond motifs is 7. The molecular weight excluding hydrogens is 471 g/mol. The third-order valence-electron chi connectivity index (χ3n) is 8.42. The van der Waals surface area contributed by atoms with E-state index in [-0.39, 0.29) is 5.56 Å². The Morgan fingerprint density at radius 2 is 1.41 bits per heavy atom. The fraction of sp³-hybridized carbons (Fsp3) is 0.226. The van der Waals surface area contributed by atoms with E-state index in [0.717, 1.165) is 54.7 Å². The van der Waals surface area contributed by atoms with Gasteiger partial charge in [-0.05, 0) is 72.3 Å². The van der Waals surface area contributed by atoms with Gasteiger partial charge in [-0.3, -0.25) is 0 Å². The number of pyridine rings is 1. The van der Waals surface area contributed by atoms with Gasteiger partial charge in [0.15, 0.2) is 5.52 Å². The molecule has 0 aliphatic heterocycles. The molecule has 4 aromatic carbocycles. The summed E-state index contributed by atoms with van der Waals surface area (Å²) in [6.45, 7) is 6.80. The highest BCUT2D eigenvalue weighted by atomic mass is 19.4. The lowest BCUT2D eigenvalue weighted by atomic mass is 9.80. The maximum atomic E-state index is 14.5. The summed E-state index contributed by atoms with van der Waals surface area (Å²) >= 11 is 0. The minimum absolute atomic E-state index is 0.253. The summed E-state index contributed by atoms with van der Waals surface area (Å²) in [5, 5.41) is 5.78. The average Bonchev–Trinajstić information content (AvgIpc) is 3.21. The Balaban J connectivity index is 1.93. The first-order chi connectivity index (χ1) is 17.5. The molecule has 0 unspecified atom stereocenters. The topological polar surface area (TPSA) is 21.2 Å². The Labute approximate surface area is 211 Å². The number of benzene rings is 4. The minimum Gasteiger partial charge on any atom is -0.307 e. The summed E-state index contributed by atoms with van der Waals surface area (Å²) in [5.74, 6) is 0. The number of halogens is 3. The van der Waals surface area contributed by atoms with Crippen molar-refractivity contribution in [1.29, 1.82) is 0 Å². The molecule has 7 aromatic rings. The summed E-state index contributed by atoms with van der Waals surface area (Å²) in [5.41, 5.74) is 4.74. The number of aryl methyl sites for hydroxylation is 3. The van der Waals surface area contributed by atoms with Crippen LogP contribution in [0.25, 0.3) is 59.9 Å². The molecule has 0 N–H and O–H groups in total. The first-order valence-corrected chi connectivity index (χ1v) is 12.4.